The van der Waals surface area contributed by atoms with E-state index in [1.165, 1.54) is 13.1 Å². The number of halogens is 4. The van der Waals surface area contributed by atoms with E-state index in [-0.39, 0.29) is 6.54 Å². The van der Waals surface area contributed by atoms with Crippen molar-refractivity contribution >= 4 is 0 Å². The van der Waals surface area contributed by atoms with E-state index < -0.39 is 17.9 Å². The Kier molecular flexibility index (Phi) is 3.52. The molecule has 0 saturated carbocycles. The highest BCUT2D eigenvalue weighted by Gasteiger charge is 2.32. The predicted molar refractivity (Wildman–Crippen MR) is 46.1 cm³/mol. The summed E-state index contributed by atoms with van der Waals surface area (Å²) in [4.78, 5) is 0. The van der Waals surface area contributed by atoms with Crippen molar-refractivity contribution in [2.75, 3.05) is 7.05 Å². The lowest BCUT2D eigenvalue weighted by Crippen LogP contribution is -2.18. The first-order chi connectivity index (χ1) is 6.92. The van der Waals surface area contributed by atoms with E-state index in [2.05, 4.69) is 10.1 Å². The summed E-state index contributed by atoms with van der Waals surface area (Å²) < 4.78 is 51.9. The van der Waals surface area contributed by atoms with Crippen LogP contribution < -0.4 is 4.74 Å². The van der Waals surface area contributed by atoms with Gasteiger partial charge in [-0.3, -0.25) is 0 Å². The Labute approximate surface area is 83.9 Å². The van der Waals surface area contributed by atoms with Crippen LogP contribution in [0.4, 0.5) is 17.6 Å². The molecule has 0 bridgehead atoms. The largest absolute Gasteiger partial charge is 0.661 e. The molecule has 0 atom stereocenters. The fourth-order valence-electron chi connectivity index (χ4n) is 1.03. The number of hydrogen-bond donors (Lipinski definition) is 0. The summed E-state index contributed by atoms with van der Waals surface area (Å²) in [6.45, 7) is 0.217. The molecule has 1 rings (SSSR count). The van der Waals surface area contributed by atoms with Gasteiger partial charge in [0.15, 0.2) is 11.6 Å². The van der Waals surface area contributed by atoms with E-state index in [1.807, 2.05) is 0 Å². The Morgan fingerprint density at radius 2 is 2.00 bits per heavy atom. The van der Waals surface area contributed by atoms with Gasteiger partial charge in [0.05, 0.1) is 0 Å². The Hall–Kier alpha value is -1.30. The second kappa shape index (κ2) is 4.48. The number of ether oxygens (including phenoxy) is 1. The van der Waals surface area contributed by atoms with E-state index in [9.17, 15) is 17.6 Å². The van der Waals surface area contributed by atoms with E-state index in [0.29, 0.717) is 5.56 Å². The molecule has 0 aliphatic heterocycles. The second-order valence-corrected chi connectivity index (χ2v) is 2.79. The van der Waals surface area contributed by atoms with Crippen LogP contribution >= 0.6 is 0 Å². The number of nitrogens with zero attached hydrogens (tertiary/aromatic N) is 1. The molecule has 0 fully saturated rings. The molecule has 0 aliphatic rings. The zero-order valence-electron chi connectivity index (χ0n) is 7.81. The molecular formula is C9H8F4NO-. The Morgan fingerprint density at radius 1 is 1.33 bits per heavy atom. The normalized spacial score (nSPS) is 11.5. The van der Waals surface area contributed by atoms with Crippen LogP contribution in [0.2, 0.25) is 0 Å². The minimum absolute atomic E-state index is 0.217. The third-order valence-electron chi connectivity index (χ3n) is 1.56. The lowest BCUT2D eigenvalue weighted by Gasteiger charge is -2.14. The molecule has 0 radical (unpaired) electrons. The highest BCUT2D eigenvalue weighted by molar-refractivity contribution is 5.31. The van der Waals surface area contributed by atoms with Gasteiger partial charge in [-0.15, -0.1) is 19.7 Å². The first-order valence-electron chi connectivity index (χ1n) is 4.02. The van der Waals surface area contributed by atoms with E-state index in [1.54, 1.807) is 0 Å². The Balaban J connectivity index is 2.90. The van der Waals surface area contributed by atoms with E-state index in [0.717, 1.165) is 12.1 Å². The molecular weight excluding hydrogens is 214 g/mol. The molecule has 0 N–H and O–H groups in total. The third-order valence-corrected chi connectivity index (χ3v) is 1.56. The van der Waals surface area contributed by atoms with Crippen molar-refractivity contribution in [1.29, 1.82) is 0 Å². The molecule has 0 amide bonds. The molecule has 0 heterocycles. The maximum atomic E-state index is 12.9. The van der Waals surface area contributed by atoms with E-state index >= 15 is 0 Å². The summed E-state index contributed by atoms with van der Waals surface area (Å²) in [6.07, 6.45) is -4.89. The van der Waals surface area contributed by atoms with E-state index in [4.69, 9.17) is 0 Å². The van der Waals surface area contributed by atoms with Crippen LogP contribution in [-0.4, -0.2) is 13.4 Å². The summed E-state index contributed by atoms with van der Waals surface area (Å²) in [7, 11) is 1.51. The lowest BCUT2D eigenvalue weighted by molar-refractivity contribution is -0.275. The van der Waals surface area contributed by atoms with Gasteiger partial charge in [0.2, 0.25) is 0 Å². The van der Waals surface area contributed by atoms with Crippen LogP contribution in [0.15, 0.2) is 18.2 Å². The molecule has 0 spiro atoms. The minimum atomic E-state index is -4.89. The molecule has 2 nitrogen and oxygen atoms in total. The van der Waals surface area contributed by atoms with Crippen molar-refractivity contribution in [1.82, 2.24) is 0 Å². The summed E-state index contributed by atoms with van der Waals surface area (Å²) in [6, 6.07) is 3.25. The third kappa shape index (κ3) is 3.75. The molecule has 6 heteroatoms. The molecule has 1 aromatic carbocycles. The minimum Gasteiger partial charge on any atom is -0.661 e. The maximum absolute atomic E-state index is 12.9. The van der Waals surface area contributed by atoms with Gasteiger partial charge in [0.25, 0.3) is 0 Å². The molecule has 0 aromatic heterocycles. The van der Waals surface area contributed by atoms with Crippen molar-refractivity contribution in [3.63, 3.8) is 0 Å². The monoisotopic (exact) mass is 222 g/mol. The molecule has 15 heavy (non-hydrogen) atoms. The SMILES string of the molecule is C[N-]Cc1ccc(F)c(OC(F)(F)F)c1. The predicted octanol–water partition coefficient (Wildman–Crippen LogP) is 3.23. The number of benzene rings is 1. The molecule has 0 unspecified atom stereocenters. The fraction of sp³-hybridized carbons (Fsp3) is 0.333. The van der Waals surface area contributed by atoms with Crippen molar-refractivity contribution in [2.45, 2.75) is 12.9 Å². The van der Waals surface area contributed by atoms with Gasteiger partial charge >= 0.3 is 6.36 Å². The van der Waals surface area contributed by atoms with Crippen molar-refractivity contribution in [3.05, 3.63) is 34.9 Å². The number of alkyl halides is 3. The lowest BCUT2D eigenvalue weighted by atomic mass is 10.2. The van der Waals surface area contributed by atoms with Crippen molar-refractivity contribution < 1.29 is 22.3 Å². The average molecular weight is 222 g/mol. The van der Waals surface area contributed by atoms with Crippen LogP contribution in [0, 0.1) is 5.82 Å². The average Bonchev–Trinajstić information content (AvgIpc) is 2.09. The van der Waals surface area contributed by atoms with Gasteiger partial charge in [-0.2, -0.15) is 7.05 Å². The zero-order chi connectivity index (χ0) is 11.5. The summed E-state index contributed by atoms with van der Waals surface area (Å²) >= 11 is 0. The number of hydrogen-bond acceptors (Lipinski definition) is 1. The van der Waals surface area contributed by atoms with Crippen LogP contribution in [0.1, 0.15) is 5.56 Å². The highest BCUT2D eigenvalue weighted by Crippen LogP contribution is 2.26. The first-order valence-corrected chi connectivity index (χ1v) is 4.02. The standard InChI is InChI=1S/C9H8F4NO/c1-14-5-6-2-3-7(10)8(4-6)15-9(11,12)13/h2-4H,5H2,1H3/q-1. The first kappa shape index (κ1) is 11.8. The zero-order valence-corrected chi connectivity index (χ0v) is 7.81. The highest BCUT2D eigenvalue weighted by atomic mass is 19.4. The second-order valence-electron chi connectivity index (χ2n) is 2.79. The molecule has 0 aliphatic carbocycles. The summed E-state index contributed by atoms with van der Waals surface area (Å²) in [5, 5.41) is 3.71. The summed E-state index contributed by atoms with van der Waals surface area (Å²) in [5.74, 6) is -1.88. The van der Waals surface area contributed by atoms with Crippen LogP contribution in [0.3, 0.4) is 0 Å². The van der Waals surface area contributed by atoms with Gasteiger partial charge in [-0.1, -0.05) is 11.6 Å². The van der Waals surface area contributed by atoms with Gasteiger partial charge in [0.1, 0.15) is 0 Å². The van der Waals surface area contributed by atoms with Gasteiger partial charge in [-0.05, 0) is 12.1 Å². The van der Waals surface area contributed by atoms with Gasteiger partial charge in [-0.25, -0.2) is 4.39 Å². The van der Waals surface area contributed by atoms with Crippen LogP contribution in [0.5, 0.6) is 5.75 Å². The number of rotatable bonds is 3. The maximum Gasteiger partial charge on any atom is 0.573 e. The van der Waals surface area contributed by atoms with Crippen LogP contribution in [-0.2, 0) is 6.54 Å². The molecule has 1 aromatic rings. The Morgan fingerprint density at radius 3 is 2.53 bits per heavy atom. The van der Waals surface area contributed by atoms with Crippen molar-refractivity contribution in [3.8, 4) is 5.75 Å². The summed E-state index contributed by atoms with van der Waals surface area (Å²) in [5.41, 5.74) is 0.457. The topological polar surface area (TPSA) is 23.3 Å². The van der Waals surface area contributed by atoms with Crippen LogP contribution in [0.25, 0.3) is 5.32 Å². The van der Waals surface area contributed by atoms with Gasteiger partial charge < -0.3 is 10.1 Å². The Bertz CT molecular complexity index is 337. The van der Waals surface area contributed by atoms with Crippen molar-refractivity contribution in [2.24, 2.45) is 0 Å². The molecule has 0 saturated heterocycles. The molecule has 84 valence electrons. The smallest absolute Gasteiger partial charge is 0.573 e. The van der Waals surface area contributed by atoms with Gasteiger partial charge in [0, 0.05) is 0 Å². The fourth-order valence-corrected chi connectivity index (χ4v) is 1.03. The quantitative estimate of drug-likeness (QED) is 0.720.